The normalized spacial score (nSPS) is 18.9. The Morgan fingerprint density at radius 2 is 2.37 bits per heavy atom. The number of carbonyl (C=O) groups excluding carboxylic acids is 1. The van der Waals surface area contributed by atoms with Crippen molar-refractivity contribution < 1.29 is 4.79 Å². The van der Waals surface area contributed by atoms with Crippen molar-refractivity contribution in [3.63, 3.8) is 0 Å². The topological polar surface area (TPSA) is 86.9 Å². The number of thiophene rings is 1. The van der Waals surface area contributed by atoms with E-state index < -0.39 is 0 Å². The van der Waals surface area contributed by atoms with Gasteiger partial charge in [0.1, 0.15) is 10.5 Å². The first-order chi connectivity index (χ1) is 9.22. The van der Waals surface area contributed by atoms with E-state index >= 15 is 0 Å². The summed E-state index contributed by atoms with van der Waals surface area (Å²) < 4.78 is 0.659. The molecule has 0 aliphatic carbocycles. The Labute approximate surface area is 113 Å². The number of H-pyrrole nitrogens is 1. The maximum absolute atomic E-state index is 11.8. The van der Waals surface area contributed by atoms with E-state index in [1.807, 2.05) is 11.4 Å². The first-order valence-corrected chi connectivity index (χ1v) is 7.07. The monoisotopic (exact) mass is 278 g/mol. The van der Waals surface area contributed by atoms with Gasteiger partial charge in [-0.2, -0.15) is 0 Å². The van der Waals surface area contributed by atoms with Crippen LogP contribution in [0.5, 0.6) is 0 Å². The molecule has 1 fully saturated rings. The van der Waals surface area contributed by atoms with Gasteiger partial charge in [0.2, 0.25) is 5.91 Å². The number of carbonyl (C=O) groups is 1. The number of hydrogen-bond acceptors (Lipinski definition) is 5. The number of amides is 1. The largest absolute Gasteiger partial charge is 0.352 e. The Kier molecular flexibility index (Phi) is 3.31. The second-order valence-electron chi connectivity index (χ2n) is 4.58. The second kappa shape index (κ2) is 5.10. The molecule has 1 saturated heterocycles. The molecule has 2 aromatic rings. The Morgan fingerprint density at radius 1 is 1.47 bits per heavy atom. The second-order valence-corrected chi connectivity index (χ2v) is 5.50. The van der Waals surface area contributed by atoms with E-state index in [2.05, 4.69) is 20.6 Å². The first-order valence-electron chi connectivity index (χ1n) is 6.19. The number of hydrogen-bond donors (Lipinski definition) is 3. The number of aromatic amines is 1. The van der Waals surface area contributed by atoms with Crippen LogP contribution in [-0.2, 0) is 11.3 Å². The Hall–Kier alpha value is -1.73. The number of nitrogens with zero attached hydrogens (tertiary/aromatic N) is 1. The summed E-state index contributed by atoms with van der Waals surface area (Å²) in [4.78, 5) is 29.9. The zero-order valence-corrected chi connectivity index (χ0v) is 11.0. The number of nitrogens with one attached hydrogen (secondary N) is 3. The summed E-state index contributed by atoms with van der Waals surface area (Å²) in [6, 6.07) is 2.03. The Bertz CT molecular complexity index is 663. The SMILES string of the molecule is O=C1CCC(CNCc2nc3ccsc3c(=O)[nH]2)N1. The van der Waals surface area contributed by atoms with Gasteiger partial charge >= 0.3 is 0 Å². The van der Waals surface area contributed by atoms with Gasteiger partial charge in [-0.1, -0.05) is 0 Å². The van der Waals surface area contributed by atoms with E-state index in [-0.39, 0.29) is 17.5 Å². The van der Waals surface area contributed by atoms with Crippen LogP contribution in [-0.4, -0.2) is 28.5 Å². The van der Waals surface area contributed by atoms with Crippen LogP contribution in [0.1, 0.15) is 18.7 Å². The predicted molar refractivity (Wildman–Crippen MR) is 73.1 cm³/mol. The standard InChI is InChI=1S/C12H14N4O2S/c17-10-2-1-7(14-10)5-13-6-9-15-8-3-4-19-11(8)12(18)16-9/h3-4,7,13H,1-2,5-6H2,(H,14,17)(H,15,16,18). The zero-order chi connectivity index (χ0) is 13.2. The summed E-state index contributed by atoms with van der Waals surface area (Å²) in [5.41, 5.74) is 0.644. The molecule has 100 valence electrons. The van der Waals surface area contributed by atoms with Crippen molar-refractivity contribution >= 4 is 27.5 Å². The average molecular weight is 278 g/mol. The van der Waals surface area contributed by atoms with E-state index in [4.69, 9.17) is 0 Å². The van der Waals surface area contributed by atoms with E-state index in [0.717, 1.165) is 11.9 Å². The average Bonchev–Trinajstić information content (AvgIpc) is 2.98. The fraction of sp³-hybridized carbons (Fsp3) is 0.417. The van der Waals surface area contributed by atoms with Gasteiger partial charge in [0.15, 0.2) is 0 Å². The minimum Gasteiger partial charge on any atom is -0.352 e. The van der Waals surface area contributed by atoms with Crippen molar-refractivity contribution in [1.82, 2.24) is 20.6 Å². The minimum absolute atomic E-state index is 0.0917. The molecule has 0 radical (unpaired) electrons. The molecule has 1 unspecified atom stereocenters. The Balaban J connectivity index is 1.62. The predicted octanol–water partition coefficient (Wildman–Crippen LogP) is 0.353. The van der Waals surface area contributed by atoms with Crippen LogP contribution in [0, 0.1) is 0 Å². The van der Waals surface area contributed by atoms with Crippen LogP contribution in [0.25, 0.3) is 10.2 Å². The highest BCUT2D eigenvalue weighted by molar-refractivity contribution is 7.17. The third-order valence-corrected chi connectivity index (χ3v) is 4.03. The summed E-state index contributed by atoms with van der Waals surface area (Å²) in [5.74, 6) is 0.734. The molecule has 0 bridgehead atoms. The third-order valence-electron chi connectivity index (χ3n) is 3.13. The molecule has 0 saturated carbocycles. The minimum atomic E-state index is -0.0917. The van der Waals surface area contributed by atoms with Crippen molar-refractivity contribution in [3.8, 4) is 0 Å². The molecule has 3 rings (SSSR count). The lowest BCUT2D eigenvalue weighted by Gasteiger charge is -2.10. The van der Waals surface area contributed by atoms with Gasteiger partial charge in [-0.05, 0) is 17.9 Å². The molecular formula is C12H14N4O2S. The smallest absolute Gasteiger partial charge is 0.268 e. The molecule has 3 heterocycles. The summed E-state index contributed by atoms with van der Waals surface area (Å²) in [7, 11) is 0. The van der Waals surface area contributed by atoms with Gasteiger partial charge < -0.3 is 15.6 Å². The van der Waals surface area contributed by atoms with E-state index in [1.54, 1.807) is 0 Å². The first kappa shape index (κ1) is 12.3. The molecule has 3 N–H and O–H groups in total. The van der Waals surface area contributed by atoms with Gasteiger partial charge in [0.25, 0.3) is 5.56 Å². The number of aromatic nitrogens is 2. The highest BCUT2D eigenvalue weighted by atomic mass is 32.1. The van der Waals surface area contributed by atoms with E-state index in [1.165, 1.54) is 11.3 Å². The maximum Gasteiger partial charge on any atom is 0.268 e. The van der Waals surface area contributed by atoms with Crippen molar-refractivity contribution in [3.05, 3.63) is 27.6 Å². The molecule has 19 heavy (non-hydrogen) atoms. The summed E-state index contributed by atoms with van der Waals surface area (Å²) in [6.07, 6.45) is 1.46. The molecule has 1 aliphatic heterocycles. The van der Waals surface area contributed by atoms with E-state index in [9.17, 15) is 9.59 Å². The van der Waals surface area contributed by atoms with Crippen LogP contribution in [0.2, 0.25) is 0 Å². The molecule has 2 aromatic heterocycles. The van der Waals surface area contributed by atoms with Crippen LogP contribution in [0.3, 0.4) is 0 Å². The van der Waals surface area contributed by atoms with Crippen LogP contribution in [0.15, 0.2) is 16.2 Å². The van der Waals surface area contributed by atoms with Gasteiger partial charge in [-0.25, -0.2) is 4.98 Å². The summed E-state index contributed by atoms with van der Waals surface area (Å²) >= 11 is 1.39. The van der Waals surface area contributed by atoms with E-state index in [0.29, 0.717) is 30.0 Å². The van der Waals surface area contributed by atoms with Crippen LogP contribution >= 0.6 is 11.3 Å². The summed E-state index contributed by atoms with van der Waals surface area (Å²) in [6.45, 7) is 1.19. The fourth-order valence-corrected chi connectivity index (χ4v) is 2.93. The Morgan fingerprint density at radius 3 is 3.16 bits per heavy atom. The zero-order valence-electron chi connectivity index (χ0n) is 10.2. The molecular weight excluding hydrogens is 264 g/mol. The van der Waals surface area contributed by atoms with Gasteiger partial charge in [0.05, 0.1) is 12.1 Å². The summed E-state index contributed by atoms with van der Waals surface area (Å²) in [5, 5.41) is 7.95. The fourth-order valence-electron chi connectivity index (χ4n) is 2.20. The lowest BCUT2D eigenvalue weighted by Crippen LogP contribution is -2.35. The molecule has 0 spiro atoms. The molecule has 6 nitrogen and oxygen atoms in total. The maximum atomic E-state index is 11.8. The van der Waals surface area contributed by atoms with Crippen LogP contribution in [0.4, 0.5) is 0 Å². The van der Waals surface area contributed by atoms with Gasteiger partial charge in [-0.15, -0.1) is 11.3 Å². The highest BCUT2D eigenvalue weighted by Gasteiger charge is 2.19. The van der Waals surface area contributed by atoms with Crippen molar-refractivity contribution in [2.45, 2.75) is 25.4 Å². The van der Waals surface area contributed by atoms with Gasteiger partial charge in [0, 0.05) is 19.0 Å². The van der Waals surface area contributed by atoms with Crippen molar-refractivity contribution in [2.24, 2.45) is 0 Å². The molecule has 1 atom stereocenters. The number of rotatable bonds is 4. The molecule has 1 aliphatic rings. The lowest BCUT2D eigenvalue weighted by atomic mass is 10.2. The molecule has 7 heteroatoms. The van der Waals surface area contributed by atoms with Crippen LogP contribution < -0.4 is 16.2 Å². The quantitative estimate of drug-likeness (QED) is 0.753. The number of fused-ring (bicyclic) bond motifs is 1. The van der Waals surface area contributed by atoms with Gasteiger partial charge in [-0.3, -0.25) is 9.59 Å². The molecule has 0 aromatic carbocycles. The van der Waals surface area contributed by atoms with Crippen molar-refractivity contribution in [2.75, 3.05) is 6.54 Å². The van der Waals surface area contributed by atoms with Crippen molar-refractivity contribution in [1.29, 1.82) is 0 Å². The molecule has 1 amide bonds. The highest BCUT2D eigenvalue weighted by Crippen LogP contribution is 2.13. The lowest BCUT2D eigenvalue weighted by molar-refractivity contribution is -0.119. The third kappa shape index (κ3) is 2.66.